The van der Waals surface area contributed by atoms with E-state index in [1.54, 1.807) is 17.0 Å². The molecule has 0 aliphatic carbocycles. The molecule has 0 saturated carbocycles. The predicted octanol–water partition coefficient (Wildman–Crippen LogP) is 1.77. The largest absolute Gasteiger partial charge is 0.484 e. The van der Waals surface area contributed by atoms with E-state index in [-0.39, 0.29) is 18.1 Å². The zero-order valence-electron chi connectivity index (χ0n) is 12.5. The van der Waals surface area contributed by atoms with E-state index in [9.17, 15) is 4.79 Å². The Bertz CT molecular complexity index is 531. The summed E-state index contributed by atoms with van der Waals surface area (Å²) in [5.74, 6) is 0.598. The van der Waals surface area contributed by atoms with Gasteiger partial charge in [-0.05, 0) is 31.5 Å². The summed E-state index contributed by atoms with van der Waals surface area (Å²) < 4.78 is 10.9. The molecule has 2 rings (SSSR count). The summed E-state index contributed by atoms with van der Waals surface area (Å²) in [4.78, 5) is 14.1. The molecule has 0 radical (unpaired) electrons. The molecule has 1 saturated heterocycles. The quantitative estimate of drug-likeness (QED) is 0.847. The van der Waals surface area contributed by atoms with E-state index in [1.807, 2.05) is 26.0 Å². The molecule has 21 heavy (non-hydrogen) atoms. The Hall–Kier alpha value is -2.06. The van der Waals surface area contributed by atoms with Gasteiger partial charge in [0.05, 0.1) is 31.2 Å². The lowest BCUT2D eigenvalue weighted by Crippen LogP contribution is -2.56. The number of hydrogen-bond donors (Lipinski definition) is 0. The normalized spacial score (nSPS) is 17.1. The van der Waals surface area contributed by atoms with Crippen LogP contribution < -0.4 is 4.74 Å². The Morgan fingerprint density at radius 3 is 2.76 bits per heavy atom. The molecule has 112 valence electrons. The lowest BCUT2D eigenvalue weighted by atomic mass is 10.0. The molecular weight excluding hydrogens is 268 g/mol. The fraction of sp³-hybridized carbons (Fsp3) is 0.500. The zero-order chi connectivity index (χ0) is 15.3. The van der Waals surface area contributed by atoms with Crippen molar-refractivity contribution >= 4 is 5.91 Å². The molecule has 1 aliphatic rings. The van der Waals surface area contributed by atoms with Crippen molar-refractivity contribution in [3.8, 4) is 11.8 Å². The molecule has 5 heteroatoms. The van der Waals surface area contributed by atoms with Gasteiger partial charge < -0.3 is 14.4 Å². The number of nitrogens with zero attached hydrogens (tertiary/aromatic N) is 2. The van der Waals surface area contributed by atoms with Gasteiger partial charge in [0.25, 0.3) is 5.91 Å². The molecule has 1 heterocycles. The third kappa shape index (κ3) is 3.96. The molecule has 0 spiro atoms. The van der Waals surface area contributed by atoms with Crippen LogP contribution in [0.25, 0.3) is 0 Å². The van der Waals surface area contributed by atoms with Crippen molar-refractivity contribution < 1.29 is 14.3 Å². The highest BCUT2D eigenvalue weighted by Gasteiger charge is 2.34. The van der Waals surface area contributed by atoms with Crippen molar-refractivity contribution in [2.45, 2.75) is 25.8 Å². The lowest BCUT2D eigenvalue weighted by Gasteiger charge is -2.42. The molecule has 1 aliphatic heterocycles. The van der Waals surface area contributed by atoms with Gasteiger partial charge in [-0.15, -0.1) is 0 Å². The van der Waals surface area contributed by atoms with Crippen molar-refractivity contribution in [2.75, 3.05) is 26.4 Å². The Balaban J connectivity index is 1.90. The summed E-state index contributed by atoms with van der Waals surface area (Å²) in [5, 5.41) is 8.62. The number of carbonyl (C=O) groups excluding carboxylic acids is 1. The smallest absolute Gasteiger partial charge is 0.261 e. The van der Waals surface area contributed by atoms with Gasteiger partial charge in [-0.25, -0.2) is 0 Å². The van der Waals surface area contributed by atoms with E-state index < -0.39 is 0 Å². The minimum Gasteiger partial charge on any atom is -0.484 e. The first kappa shape index (κ1) is 15.3. The number of benzene rings is 1. The number of ether oxygens (including phenoxy) is 2. The van der Waals surface area contributed by atoms with Crippen molar-refractivity contribution in [3.63, 3.8) is 0 Å². The molecule has 0 unspecified atom stereocenters. The highest BCUT2D eigenvalue weighted by molar-refractivity contribution is 5.78. The second-order valence-electron chi connectivity index (χ2n) is 5.68. The highest BCUT2D eigenvalue weighted by Crippen LogP contribution is 2.19. The molecule has 0 N–H and O–H groups in total. The van der Waals surface area contributed by atoms with Crippen LogP contribution in [0.5, 0.6) is 5.75 Å². The van der Waals surface area contributed by atoms with Gasteiger partial charge in [0.1, 0.15) is 5.75 Å². The van der Waals surface area contributed by atoms with Gasteiger partial charge in [-0.3, -0.25) is 4.79 Å². The van der Waals surface area contributed by atoms with Crippen molar-refractivity contribution in [3.05, 3.63) is 29.8 Å². The number of hydrogen-bond acceptors (Lipinski definition) is 4. The fourth-order valence-corrected chi connectivity index (χ4v) is 2.34. The van der Waals surface area contributed by atoms with Crippen LogP contribution in [-0.2, 0) is 16.0 Å². The Kier molecular flexibility index (Phi) is 4.81. The van der Waals surface area contributed by atoms with Gasteiger partial charge in [-0.1, -0.05) is 12.1 Å². The Morgan fingerprint density at radius 2 is 2.14 bits per heavy atom. The summed E-state index contributed by atoms with van der Waals surface area (Å²) in [5.41, 5.74) is 0.639. The van der Waals surface area contributed by atoms with Crippen LogP contribution in [0.3, 0.4) is 0 Å². The van der Waals surface area contributed by atoms with E-state index in [0.29, 0.717) is 31.9 Å². The zero-order valence-corrected chi connectivity index (χ0v) is 12.5. The van der Waals surface area contributed by atoms with Crippen LogP contribution in [0.2, 0.25) is 0 Å². The average Bonchev–Trinajstić information content (AvgIpc) is 2.46. The van der Waals surface area contributed by atoms with Crippen LogP contribution in [0.15, 0.2) is 24.3 Å². The Morgan fingerprint density at radius 1 is 1.43 bits per heavy atom. The summed E-state index contributed by atoms with van der Waals surface area (Å²) in [6, 6.07) is 9.33. The maximum Gasteiger partial charge on any atom is 0.261 e. The molecule has 1 fully saturated rings. The van der Waals surface area contributed by atoms with Gasteiger partial charge >= 0.3 is 0 Å². The molecule has 0 atom stereocenters. The minimum absolute atomic E-state index is 0.0149. The van der Waals surface area contributed by atoms with Crippen molar-refractivity contribution in [1.82, 2.24) is 4.90 Å². The van der Waals surface area contributed by atoms with Crippen molar-refractivity contribution in [1.29, 1.82) is 5.26 Å². The monoisotopic (exact) mass is 288 g/mol. The SMILES string of the molecule is CC1(C)COCCN1C(=O)COc1ccc(CC#N)cc1. The second kappa shape index (κ2) is 6.59. The number of amides is 1. The van der Waals surface area contributed by atoms with Gasteiger partial charge in [0.2, 0.25) is 0 Å². The molecule has 1 amide bonds. The lowest BCUT2D eigenvalue weighted by molar-refractivity contribution is -0.148. The van der Waals surface area contributed by atoms with E-state index in [2.05, 4.69) is 6.07 Å². The Labute approximate surface area is 125 Å². The summed E-state index contributed by atoms with van der Waals surface area (Å²) in [7, 11) is 0. The third-order valence-corrected chi connectivity index (χ3v) is 3.52. The molecule has 1 aromatic carbocycles. The first-order valence-corrected chi connectivity index (χ1v) is 7.00. The summed E-state index contributed by atoms with van der Waals surface area (Å²) in [6.45, 7) is 5.69. The predicted molar refractivity (Wildman–Crippen MR) is 77.9 cm³/mol. The van der Waals surface area contributed by atoms with Crippen LogP contribution in [-0.4, -0.2) is 42.7 Å². The molecule has 1 aromatic rings. The topological polar surface area (TPSA) is 62.6 Å². The first-order valence-electron chi connectivity index (χ1n) is 7.00. The standard InChI is InChI=1S/C16H20N2O3/c1-16(2)12-20-10-9-18(16)15(19)11-21-14-5-3-13(4-6-14)7-8-17/h3-6H,7,9-12H2,1-2H3. The summed E-state index contributed by atoms with van der Waals surface area (Å²) >= 11 is 0. The molecule has 0 bridgehead atoms. The van der Waals surface area contributed by atoms with Gasteiger partial charge in [-0.2, -0.15) is 5.26 Å². The maximum atomic E-state index is 12.3. The van der Waals surface area contributed by atoms with Crippen LogP contribution in [0.4, 0.5) is 0 Å². The van der Waals surface area contributed by atoms with Crippen LogP contribution in [0.1, 0.15) is 19.4 Å². The van der Waals surface area contributed by atoms with Crippen LogP contribution in [0, 0.1) is 11.3 Å². The molecular formula is C16H20N2O3. The van der Waals surface area contributed by atoms with E-state index >= 15 is 0 Å². The summed E-state index contributed by atoms with van der Waals surface area (Å²) in [6.07, 6.45) is 0.376. The van der Waals surface area contributed by atoms with E-state index in [1.165, 1.54) is 0 Å². The number of rotatable bonds is 4. The fourth-order valence-electron chi connectivity index (χ4n) is 2.34. The number of morpholine rings is 1. The van der Waals surface area contributed by atoms with E-state index in [4.69, 9.17) is 14.7 Å². The average molecular weight is 288 g/mol. The van der Waals surface area contributed by atoms with Gasteiger partial charge in [0, 0.05) is 6.54 Å². The molecule has 5 nitrogen and oxygen atoms in total. The van der Waals surface area contributed by atoms with Crippen LogP contribution >= 0.6 is 0 Å². The molecule has 0 aromatic heterocycles. The maximum absolute atomic E-state index is 12.3. The number of nitriles is 1. The third-order valence-electron chi connectivity index (χ3n) is 3.52. The van der Waals surface area contributed by atoms with Gasteiger partial charge in [0.15, 0.2) is 6.61 Å². The number of carbonyl (C=O) groups is 1. The first-order chi connectivity index (χ1) is 10.0. The second-order valence-corrected chi connectivity index (χ2v) is 5.68. The minimum atomic E-state index is -0.296. The highest BCUT2D eigenvalue weighted by atomic mass is 16.5. The van der Waals surface area contributed by atoms with E-state index in [0.717, 1.165) is 5.56 Å². The van der Waals surface area contributed by atoms with Crippen molar-refractivity contribution in [2.24, 2.45) is 0 Å².